The lowest BCUT2D eigenvalue weighted by molar-refractivity contribution is -0.142. The van der Waals surface area contributed by atoms with Gasteiger partial charge in [0.2, 0.25) is 5.91 Å². The predicted molar refractivity (Wildman–Crippen MR) is 118 cm³/mol. The summed E-state index contributed by atoms with van der Waals surface area (Å²) in [7, 11) is 0. The highest BCUT2D eigenvalue weighted by Crippen LogP contribution is 2.44. The van der Waals surface area contributed by atoms with Crippen molar-refractivity contribution in [2.24, 2.45) is 0 Å². The fourth-order valence-corrected chi connectivity index (χ4v) is 5.48. The molecule has 2 aliphatic rings. The zero-order valence-electron chi connectivity index (χ0n) is 18.6. The molecule has 0 unspecified atom stereocenters. The number of hydrogen-bond acceptors (Lipinski definition) is 3. The highest BCUT2D eigenvalue weighted by molar-refractivity contribution is 5.89. The lowest BCUT2D eigenvalue weighted by atomic mass is 9.77. The third-order valence-corrected chi connectivity index (χ3v) is 7.24. The Labute approximate surface area is 190 Å². The number of aryl methyl sites for hydroxylation is 1. The van der Waals surface area contributed by atoms with Crippen LogP contribution in [0.25, 0.3) is 5.65 Å². The highest BCUT2D eigenvalue weighted by atomic mass is 19.4. The summed E-state index contributed by atoms with van der Waals surface area (Å²) in [4.78, 5) is 20.0. The van der Waals surface area contributed by atoms with Crippen LogP contribution in [0, 0.1) is 0 Å². The number of nitrogens with zero attached hydrogens (tertiary/aromatic N) is 4. The monoisotopic (exact) mass is 456 g/mol. The number of hydrogen-bond donors (Lipinski definition) is 0. The first-order valence-corrected chi connectivity index (χ1v) is 11.6. The first-order chi connectivity index (χ1) is 15.8. The molecular formula is C25H27F3N4O. The summed E-state index contributed by atoms with van der Waals surface area (Å²) >= 11 is 0. The van der Waals surface area contributed by atoms with Crippen molar-refractivity contribution in [3.63, 3.8) is 0 Å². The van der Waals surface area contributed by atoms with E-state index < -0.39 is 17.3 Å². The molecule has 0 spiro atoms. The number of alkyl halides is 3. The van der Waals surface area contributed by atoms with E-state index in [-0.39, 0.29) is 17.5 Å². The minimum absolute atomic E-state index is 0.101. The number of likely N-dealkylation sites (tertiary alicyclic amines) is 1. The van der Waals surface area contributed by atoms with Crippen LogP contribution < -0.4 is 0 Å². The Morgan fingerprint density at radius 3 is 2.55 bits per heavy atom. The number of fused-ring (bicyclic) bond motifs is 1. The molecular weight excluding hydrogens is 429 g/mol. The van der Waals surface area contributed by atoms with Gasteiger partial charge in [0.1, 0.15) is 5.69 Å². The van der Waals surface area contributed by atoms with E-state index in [0.29, 0.717) is 37.3 Å². The van der Waals surface area contributed by atoms with E-state index in [1.807, 2.05) is 35.2 Å². The van der Waals surface area contributed by atoms with Crippen molar-refractivity contribution in [1.29, 1.82) is 0 Å². The smallest absolute Gasteiger partial charge is 0.341 e. The van der Waals surface area contributed by atoms with E-state index in [9.17, 15) is 18.0 Å². The van der Waals surface area contributed by atoms with Crippen LogP contribution in [0.2, 0.25) is 0 Å². The Kier molecular flexibility index (Phi) is 5.41. The molecule has 2 fully saturated rings. The number of amides is 1. The molecule has 1 saturated heterocycles. The van der Waals surface area contributed by atoms with Gasteiger partial charge in [0.25, 0.3) is 0 Å². The van der Waals surface area contributed by atoms with Crippen LogP contribution in [0.3, 0.4) is 0 Å². The van der Waals surface area contributed by atoms with E-state index in [1.54, 1.807) is 13.0 Å². The zero-order chi connectivity index (χ0) is 23.2. The van der Waals surface area contributed by atoms with Gasteiger partial charge in [0.05, 0.1) is 11.1 Å². The third-order valence-electron chi connectivity index (χ3n) is 7.24. The second kappa shape index (κ2) is 8.15. The minimum atomic E-state index is -4.52. The van der Waals surface area contributed by atoms with Gasteiger partial charge in [-0.1, -0.05) is 50.1 Å². The molecule has 0 radical (unpaired) electrons. The van der Waals surface area contributed by atoms with E-state index in [1.165, 1.54) is 0 Å². The van der Waals surface area contributed by atoms with Gasteiger partial charge < -0.3 is 4.90 Å². The standard InChI is InChI=1S/C25H27F3N4O/c1-2-19-14-21(25(26,27)28)32-22(29-19)15-20(30-32)17-10-13-31(16-17)23(33)24(11-6-7-12-24)18-8-4-3-5-9-18/h3-5,8-9,14-15,17H,2,6-7,10-13,16H2,1H3/t17-/m0/s1. The molecule has 1 amide bonds. The summed E-state index contributed by atoms with van der Waals surface area (Å²) in [5, 5.41) is 4.30. The first kappa shape index (κ1) is 21.9. The average molecular weight is 457 g/mol. The average Bonchev–Trinajstić information content (AvgIpc) is 3.57. The van der Waals surface area contributed by atoms with Gasteiger partial charge in [0, 0.05) is 30.8 Å². The van der Waals surface area contributed by atoms with Crippen LogP contribution in [0.1, 0.15) is 67.6 Å². The van der Waals surface area contributed by atoms with E-state index in [4.69, 9.17) is 0 Å². The highest BCUT2D eigenvalue weighted by Gasteiger charge is 2.46. The largest absolute Gasteiger partial charge is 0.433 e. The molecule has 174 valence electrons. The number of carbonyl (C=O) groups excluding carboxylic acids is 1. The quantitative estimate of drug-likeness (QED) is 0.546. The van der Waals surface area contributed by atoms with Crippen molar-refractivity contribution in [1.82, 2.24) is 19.5 Å². The second-order valence-electron chi connectivity index (χ2n) is 9.22. The summed E-state index contributed by atoms with van der Waals surface area (Å²) in [6, 6.07) is 12.7. The summed E-state index contributed by atoms with van der Waals surface area (Å²) in [6.45, 7) is 2.84. The number of rotatable bonds is 4. The molecule has 3 aromatic rings. The molecule has 0 bridgehead atoms. The van der Waals surface area contributed by atoms with Gasteiger partial charge in [-0.05, 0) is 37.3 Å². The molecule has 3 heterocycles. The van der Waals surface area contributed by atoms with Gasteiger partial charge >= 0.3 is 6.18 Å². The molecule has 8 heteroatoms. The topological polar surface area (TPSA) is 50.5 Å². The van der Waals surface area contributed by atoms with E-state index in [0.717, 1.165) is 41.8 Å². The summed E-state index contributed by atoms with van der Waals surface area (Å²) < 4.78 is 41.8. The summed E-state index contributed by atoms with van der Waals surface area (Å²) in [5.41, 5.74) is 0.923. The lowest BCUT2D eigenvalue weighted by Gasteiger charge is -2.33. The van der Waals surface area contributed by atoms with Crippen LogP contribution in [0.15, 0.2) is 42.5 Å². The van der Waals surface area contributed by atoms with Crippen molar-refractivity contribution in [3.8, 4) is 0 Å². The molecule has 2 aromatic heterocycles. The molecule has 1 aliphatic heterocycles. The van der Waals surface area contributed by atoms with Crippen LogP contribution >= 0.6 is 0 Å². The van der Waals surface area contributed by atoms with Gasteiger partial charge in [-0.2, -0.15) is 18.3 Å². The number of carbonyl (C=O) groups is 1. The van der Waals surface area contributed by atoms with Crippen molar-refractivity contribution < 1.29 is 18.0 Å². The van der Waals surface area contributed by atoms with Gasteiger partial charge in [-0.3, -0.25) is 4.79 Å². The van der Waals surface area contributed by atoms with Crippen molar-refractivity contribution >= 4 is 11.6 Å². The molecule has 5 rings (SSSR count). The SMILES string of the molecule is CCc1cc(C(F)(F)F)n2nc([C@H]3CCN(C(=O)C4(c5ccccc5)CCCC4)C3)cc2n1. The fraction of sp³-hybridized carbons (Fsp3) is 0.480. The van der Waals surface area contributed by atoms with Crippen LogP contribution in [0.5, 0.6) is 0 Å². The molecule has 1 aliphatic carbocycles. The Balaban J connectivity index is 1.43. The van der Waals surface area contributed by atoms with E-state index >= 15 is 0 Å². The molecule has 33 heavy (non-hydrogen) atoms. The lowest BCUT2D eigenvalue weighted by Crippen LogP contribution is -2.44. The maximum Gasteiger partial charge on any atom is 0.433 e. The maximum absolute atomic E-state index is 13.7. The summed E-state index contributed by atoms with van der Waals surface area (Å²) in [5.74, 6) is 0.0378. The Bertz CT molecular complexity index is 1170. The minimum Gasteiger partial charge on any atom is -0.341 e. The number of benzene rings is 1. The van der Waals surface area contributed by atoms with Crippen molar-refractivity contribution in [3.05, 3.63) is 65.1 Å². The Hall–Kier alpha value is -2.90. The molecule has 5 nitrogen and oxygen atoms in total. The second-order valence-corrected chi connectivity index (χ2v) is 9.22. The Morgan fingerprint density at radius 2 is 1.88 bits per heavy atom. The van der Waals surface area contributed by atoms with Gasteiger partial charge in [0.15, 0.2) is 5.65 Å². The normalized spacial score (nSPS) is 20.6. The van der Waals surface area contributed by atoms with Crippen LogP contribution in [-0.2, 0) is 22.8 Å². The molecule has 1 aromatic carbocycles. The fourth-order valence-electron chi connectivity index (χ4n) is 5.48. The van der Waals surface area contributed by atoms with Gasteiger partial charge in [-0.25, -0.2) is 9.50 Å². The first-order valence-electron chi connectivity index (χ1n) is 11.6. The molecule has 0 N–H and O–H groups in total. The maximum atomic E-state index is 13.7. The van der Waals surface area contributed by atoms with Crippen molar-refractivity contribution in [2.75, 3.05) is 13.1 Å². The Morgan fingerprint density at radius 1 is 1.15 bits per heavy atom. The van der Waals surface area contributed by atoms with Gasteiger partial charge in [-0.15, -0.1) is 0 Å². The van der Waals surface area contributed by atoms with Crippen molar-refractivity contribution in [2.45, 2.75) is 63.0 Å². The van der Waals surface area contributed by atoms with Crippen LogP contribution in [-0.4, -0.2) is 38.5 Å². The number of aromatic nitrogens is 3. The van der Waals surface area contributed by atoms with E-state index in [2.05, 4.69) is 10.1 Å². The molecule has 1 atom stereocenters. The van der Waals surface area contributed by atoms with Crippen LogP contribution in [0.4, 0.5) is 13.2 Å². The number of halogens is 3. The zero-order valence-corrected chi connectivity index (χ0v) is 18.6. The third kappa shape index (κ3) is 3.79. The molecule has 1 saturated carbocycles. The summed E-state index contributed by atoms with van der Waals surface area (Å²) in [6.07, 6.45) is 0.298. The predicted octanol–water partition coefficient (Wildman–Crippen LogP) is 5.14.